The van der Waals surface area contributed by atoms with Crippen molar-refractivity contribution >= 4 is 28.1 Å². The van der Waals surface area contributed by atoms with E-state index in [0.717, 1.165) is 10.0 Å². The van der Waals surface area contributed by atoms with Gasteiger partial charge in [-0.1, -0.05) is 36.9 Å². The number of nitrogens with zero attached hydrogens (tertiary/aromatic N) is 1. The van der Waals surface area contributed by atoms with Gasteiger partial charge in [0.2, 0.25) is 0 Å². The molecule has 2 aromatic rings. The average molecular weight is 403 g/mol. The van der Waals surface area contributed by atoms with Crippen molar-refractivity contribution in [2.24, 2.45) is 5.10 Å². The maximum atomic E-state index is 12.1. The molecule has 6 heteroatoms. The third-order valence-electron chi connectivity index (χ3n) is 3.12. The van der Waals surface area contributed by atoms with Crippen LogP contribution in [0.4, 0.5) is 0 Å². The smallest absolute Gasteiger partial charge is 0.280 e. The highest BCUT2D eigenvalue weighted by Gasteiger charge is 2.15. The third-order valence-corrected chi connectivity index (χ3v) is 3.78. The van der Waals surface area contributed by atoms with E-state index in [2.05, 4.69) is 33.0 Å². The predicted octanol–water partition coefficient (Wildman–Crippen LogP) is 3.93. The molecule has 1 N–H and O–H groups in total. The third kappa shape index (κ3) is 6.08. The zero-order chi connectivity index (χ0) is 18.1. The Kier molecular flexibility index (Phi) is 7.22. The van der Waals surface area contributed by atoms with E-state index in [1.807, 2.05) is 42.5 Å². The van der Waals surface area contributed by atoms with E-state index in [9.17, 15) is 4.79 Å². The lowest BCUT2D eigenvalue weighted by Crippen LogP contribution is -2.33. The quantitative estimate of drug-likeness (QED) is 0.413. The van der Waals surface area contributed by atoms with E-state index >= 15 is 0 Å². The fourth-order valence-electron chi connectivity index (χ4n) is 1.89. The van der Waals surface area contributed by atoms with Crippen molar-refractivity contribution < 1.29 is 14.3 Å². The van der Waals surface area contributed by atoms with E-state index in [4.69, 9.17) is 9.47 Å². The van der Waals surface area contributed by atoms with Crippen LogP contribution >= 0.6 is 15.9 Å². The summed E-state index contributed by atoms with van der Waals surface area (Å²) in [5.41, 5.74) is 3.27. The number of nitrogens with one attached hydrogen (secondary N) is 1. The molecule has 0 radical (unpaired) electrons. The predicted molar refractivity (Wildman–Crippen MR) is 102 cm³/mol. The van der Waals surface area contributed by atoms with Crippen molar-refractivity contribution in [1.82, 2.24) is 5.43 Å². The van der Waals surface area contributed by atoms with Gasteiger partial charge in [0.25, 0.3) is 5.91 Å². The molecule has 0 aliphatic rings. The summed E-state index contributed by atoms with van der Waals surface area (Å²) in [6, 6.07) is 14.7. The van der Waals surface area contributed by atoms with Gasteiger partial charge in [0.1, 0.15) is 18.1 Å². The number of hydrogen-bond acceptors (Lipinski definition) is 4. The SMILES string of the molecule is C=CCOc1cccc(/C=N/NC(=O)C(C)Oc2ccccc2Br)c1. The van der Waals surface area contributed by atoms with E-state index in [1.165, 1.54) is 0 Å². The zero-order valence-corrected chi connectivity index (χ0v) is 15.4. The molecule has 0 saturated carbocycles. The molecular weight excluding hydrogens is 384 g/mol. The lowest BCUT2D eigenvalue weighted by atomic mass is 10.2. The Balaban J connectivity index is 1.89. The van der Waals surface area contributed by atoms with E-state index in [1.54, 1.807) is 25.3 Å². The van der Waals surface area contributed by atoms with Crippen molar-refractivity contribution in [3.8, 4) is 11.5 Å². The first-order valence-corrected chi connectivity index (χ1v) is 8.47. The molecule has 2 aromatic carbocycles. The second-order valence-electron chi connectivity index (χ2n) is 5.10. The summed E-state index contributed by atoms with van der Waals surface area (Å²) in [5.74, 6) is 0.966. The summed E-state index contributed by atoms with van der Waals surface area (Å²) in [6.45, 7) is 5.70. The van der Waals surface area contributed by atoms with Gasteiger partial charge in [-0.25, -0.2) is 5.43 Å². The van der Waals surface area contributed by atoms with Gasteiger partial charge in [-0.15, -0.1) is 0 Å². The minimum absolute atomic E-state index is 0.342. The van der Waals surface area contributed by atoms with Gasteiger partial charge in [0.15, 0.2) is 6.10 Å². The number of benzene rings is 2. The average Bonchev–Trinajstić information content (AvgIpc) is 2.62. The molecule has 0 fully saturated rings. The van der Waals surface area contributed by atoms with Gasteiger partial charge in [0.05, 0.1) is 10.7 Å². The highest BCUT2D eigenvalue weighted by atomic mass is 79.9. The van der Waals surface area contributed by atoms with Gasteiger partial charge in [0, 0.05) is 0 Å². The molecule has 25 heavy (non-hydrogen) atoms. The molecule has 0 saturated heterocycles. The Bertz CT molecular complexity index is 762. The summed E-state index contributed by atoms with van der Waals surface area (Å²) >= 11 is 3.38. The molecule has 0 bridgehead atoms. The van der Waals surface area contributed by atoms with Crippen molar-refractivity contribution in [1.29, 1.82) is 0 Å². The Morgan fingerprint density at radius 3 is 2.88 bits per heavy atom. The standard InChI is InChI=1S/C19H19BrN2O3/c1-3-11-24-16-8-6-7-15(12-16)13-21-22-19(23)14(2)25-18-10-5-4-9-17(18)20/h3-10,12-14H,1,11H2,2H3,(H,22,23)/b21-13+. The van der Waals surface area contributed by atoms with Crippen molar-refractivity contribution in [3.05, 3.63) is 71.2 Å². The molecule has 1 unspecified atom stereocenters. The Morgan fingerprint density at radius 2 is 2.12 bits per heavy atom. The van der Waals surface area contributed by atoms with Crippen LogP contribution < -0.4 is 14.9 Å². The highest BCUT2D eigenvalue weighted by Crippen LogP contribution is 2.24. The summed E-state index contributed by atoms with van der Waals surface area (Å²) in [5, 5.41) is 3.96. The van der Waals surface area contributed by atoms with Crippen LogP contribution in [0, 0.1) is 0 Å². The molecule has 130 valence electrons. The number of rotatable bonds is 8. The number of para-hydroxylation sites is 1. The Morgan fingerprint density at radius 1 is 1.32 bits per heavy atom. The molecule has 0 aromatic heterocycles. The van der Waals surface area contributed by atoms with Crippen LogP contribution in [-0.4, -0.2) is 24.8 Å². The molecule has 0 aliphatic carbocycles. The van der Waals surface area contributed by atoms with Crippen LogP contribution in [-0.2, 0) is 4.79 Å². The van der Waals surface area contributed by atoms with Crippen molar-refractivity contribution in [2.75, 3.05) is 6.61 Å². The minimum Gasteiger partial charge on any atom is -0.490 e. The largest absolute Gasteiger partial charge is 0.490 e. The van der Waals surface area contributed by atoms with Gasteiger partial charge in [-0.2, -0.15) is 5.10 Å². The first kappa shape index (κ1) is 18.7. The van der Waals surface area contributed by atoms with E-state index < -0.39 is 6.10 Å². The van der Waals surface area contributed by atoms with Crippen molar-refractivity contribution in [3.63, 3.8) is 0 Å². The van der Waals surface area contributed by atoms with Gasteiger partial charge in [-0.3, -0.25) is 4.79 Å². The van der Waals surface area contributed by atoms with E-state index in [-0.39, 0.29) is 5.91 Å². The highest BCUT2D eigenvalue weighted by molar-refractivity contribution is 9.10. The number of amides is 1. The number of carbonyl (C=O) groups excluding carboxylic acids is 1. The maximum Gasteiger partial charge on any atom is 0.280 e. The van der Waals surface area contributed by atoms with Crippen LogP contribution in [0.15, 0.2) is 70.8 Å². The fourth-order valence-corrected chi connectivity index (χ4v) is 2.26. The Hall–Kier alpha value is -2.60. The monoisotopic (exact) mass is 402 g/mol. The van der Waals surface area contributed by atoms with Crippen LogP contribution in [0.2, 0.25) is 0 Å². The van der Waals surface area contributed by atoms with Crippen LogP contribution in [0.5, 0.6) is 11.5 Å². The molecule has 0 spiro atoms. The number of hydrazone groups is 1. The number of halogens is 1. The second-order valence-corrected chi connectivity index (χ2v) is 5.95. The number of hydrogen-bond donors (Lipinski definition) is 1. The van der Waals surface area contributed by atoms with Crippen LogP contribution in [0.3, 0.4) is 0 Å². The molecule has 0 heterocycles. The van der Waals surface area contributed by atoms with Gasteiger partial charge in [-0.05, 0) is 52.7 Å². The first-order valence-electron chi connectivity index (χ1n) is 7.68. The topological polar surface area (TPSA) is 59.9 Å². The molecule has 1 amide bonds. The number of carbonyl (C=O) groups is 1. The lowest BCUT2D eigenvalue weighted by molar-refractivity contribution is -0.127. The molecule has 5 nitrogen and oxygen atoms in total. The minimum atomic E-state index is -0.682. The zero-order valence-electron chi connectivity index (χ0n) is 13.8. The second kappa shape index (κ2) is 9.64. The summed E-state index contributed by atoms with van der Waals surface area (Å²) in [6.07, 6.45) is 2.54. The van der Waals surface area contributed by atoms with Crippen molar-refractivity contribution in [2.45, 2.75) is 13.0 Å². The summed E-state index contributed by atoms with van der Waals surface area (Å²) in [4.78, 5) is 12.1. The first-order chi connectivity index (χ1) is 12.1. The lowest BCUT2D eigenvalue weighted by Gasteiger charge is -2.13. The molecule has 2 rings (SSSR count). The molecular formula is C19H19BrN2O3. The van der Waals surface area contributed by atoms with E-state index in [0.29, 0.717) is 18.1 Å². The van der Waals surface area contributed by atoms with Gasteiger partial charge >= 0.3 is 0 Å². The molecule has 1 atom stereocenters. The van der Waals surface area contributed by atoms with Crippen LogP contribution in [0.25, 0.3) is 0 Å². The van der Waals surface area contributed by atoms with Gasteiger partial charge < -0.3 is 9.47 Å². The fraction of sp³-hybridized carbons (Fsp3) is 0.158. The normalized spacial score (nSPS) is 11.8. The summed E-state index contributed by atoms with van der Waals surface area (Å²) < 4.78 is 11.8. The number of ether oxygens (including phenoxy) is 2. The van der Waals surface area contributed by atoms with Crippen LogP contribution in [0.1, 0.15) is 12.5 Å². The Labute approximate surface area is 155 Å². The molecule has 0 aliphatic heterocycles. The maximum absolute atomic E-state index is 12.1. The summed E-state index contributed by atoms with van der Waals surface area (Å²) in [7, 11) is 0.